The average Bonchev–Trinajstić information content (AvgIpc) is 3.90. The third kappa shape index (κ3) is 6.05. The van der Waals surface area contributed by atoms with Crippen molar-refractivity contribution in [3.05, 3.63) is 166 Å². The Morgan fingerprint density at radius 1 is 0.471 bits per heavy atom. The second-order valence-corrected chi connectivity index (χ2v) is 16.6. The van der Waals surface area contributed by atoms with Crippen molar-refractivity contribution in [2.45, 2.75) is 84.5 Å². The first-order valence-electron chi connectivity index (χ1n) is 18.4. The lowest BCUT2D eigenvalue weighted by Gasteiger charge is -2.24. The SMILES string of the molecule is Cc1ccc(C2=Cc3c(-c4ccc(C(C)(C)C)cc4)cccc3C2CC2C(c3ccc(C)o3)=Cc3c(-c4ccc(C(C)(C)C)cc4)cccc32)o1. The summed E-state index contributed by atoms with van der Waals surface area (Å²) in [6.07, 6.45) is 5.69. The van der Waals surface area contributed by atoms with Crippen molar-refractivity contribution in [1.29, 1.82) is 0 Å². The molecule has 0 fully saturated rings. The van der Waals surface area contributed by atoms with Gasteiger partial charge >= 0.3 is 0 Å². The molecular weight excluding hydrogens is 621 g/mol. The average molecular weight is 669 g/mol. The van der Waals surface area contributed by atoms with Gasteiger partial charge in [0.25, 0.3) is 0 Å². The van der Waals surface area contributed by atoms with Crippen LogP contribution in [-0.2, 0) is 10.8 Å². The Bertz CT molecular complexity index is 2140. The molecule has 8 rings (SSSR count). The van der Waals surface area contributed by atoms with Crippen molar-refractivity contribution in [2.24, 2.45) is 0 Å². The molecule has 2 aliphatic carbocycles. The maximum Gasteiger partial charge on any atom is 0.130 e. The van der Waals surface area contributed by atoms with Crippen molar-refractivity contribution >= 4 is 23.3 Å². The van der Waals surface area contributed by atoms with Crippen molar-refractivity contribution in [1.82, 2.24) is 0 Å². The van der Waals surface area contributed by atoms with Crippen molar-refractivity contribution in [3.8, 4) is 22.3 Å². The largest absolute Gasteiger partial charge is 0.462 e. The first kappa shape index (κ1) is 33.1. The van der Waals surface area contributed by atoms with E-state index in [9.17, 15) is 0 Å². The van der Waals surface area contributed by atoms with Gasteiger partial charge in [0.05, 0.1) is 0 Å². The van der Waals surface area contributed by atoms with Gasteiger partial charge in [-0.25, -0.2) is 0 Å². The number of hydrogen-bond donors (Lipinski definition) is 0. The van der Waals surface area contributed by atoms with Crippen LogP contribution in [0.1, 0.15) is 116 Å². The monoisotopic (exact) mass is 668 g/mol. The molecule has 2 heterocycles. The van der Waals surface area contributed by atoms with E-state index in [1.807, 2.05) is 13.8 Å². The minimum Gasteiger partial charge on any atom is -0.462 e. The Labute approximate surface area is 303 Å². The molecule has 2 heteroatoms. The molecule has 2 aromatic heterocycles. The number of rotatable bonds is 6. The summed E-state index contributed by atoms with van der Waals surface area (Å²) in [5.74, 6) is 4.05. The number of furan rings is 2. The molecule has 0 saturated carbocycles. The van der Waals surface area contributed by atoms with Crippen LogP contribution in [0.3, 0.4) is 0 Å². The number of fused-ring (bicyclic) bond motifs is 2. The lowest BCUT2D eigenvalue weighted by molar-refractivity contribution is 0.510. The normalized spacial score (nSPS) is 16.9. The molecule has 0 radical (unpaired) electrons. The Morgan fingerprint density at radius 2 is 0.863 bits per heavy atom. The summed E-state index contributed by atoms with van der Waals surface area (Å²) in [4.78, 5) is 0. The molecule has 0 saturated heterocycles. The van der Waals surface area contributed by atoms with E-state index >= 15 is 0 Å². The Balaban J connectivity index is 1.24. The van der Waals surface area contributed by atoms with Crippen LogP contribution in [0.4, 0.5) is 0 Å². The third-order valence-corrected chi connectivity index (χ3v) is 11.0. The first-order chi connectivity index (χ1) is 24.3. The second kappa shape index (κ2) is 12.3. The first-order valence-corrected chi connectivity index (χ1v) is 18.4. The van der Waals surface area contributed by atoms with Crippen LogP contribution in [0.2, 0.25) is 0 Å². The molecule has 2 nitrogen and oxygen atoms in total. The standard InChI is InChI=1S/C49H48O2/c1-30-15-25-46(50-30)44-28-40-36(32-17-21-34(22-18-32)48(3,4)5)11-9-13-38(40)42(44)27-43-39-14-10-12-37(33-19-23-35(24-20-33)49(6,7)8)41(39)29-45(43)47-26-16-31(2)51-47/h9-26,28-29,42-43H,27H2,1-8H3. The third-order valence-electron chi connectivity index (χ3n) is 11.0. The van der Waals surface area contributed by atoms with E-state index in [0.29, 0.717) is 0 Å². The van der Waals surface area contributed by atoms with Gasteiger partial charge in [-0.15, -0.1) is 0 Å². The summed E-state index contributed by atoms with van der Waals surface area (Å²) in [7, 11) is 0. The highest BCUT2D eigenvalue weighted by atomic mass is 16.3. The highest BCUT2D eigenvalue weighted by molar-refractivity contribution is 5.98. The van der Waals surface area contributed by atoms with E-state index in [1.54, 1.807) is 0 Å². The summed E-state index contributed by atoms with van der Waals surface area (Å²) in [5, 5.41) is 0. The maximum atomic E-state index is 6.39. The lowest BCUT2D eigenvalue weighted by Crippen LogP contribution is -2.10. The Hall–Kier alpha value is -5.08. The highest BCUT2D eigenvalue weighted by Gasteiger charge is 2.37. The molecule has 0 spiro atoms. The fraction of sp³-hybridized carbons (Fsp3) is 0.265. The van der Waals surface area contributed by atoms with Gasteiger partial charge in [-0.2, -0.15) is 0 Å². The fourth-order valence-electron chi connectivity index (χ4n) is 8.15. The summed E-state index contributed by atoms with van der Waals surface area (Å²) in [6, 6.07) is 40.4. The van der Waals surface area contributed by atoms with Crippen molar-refractivity contribution < 1.29 is 8.83 Å². The lowest BCUT2D eigenvalue weighted by atomic mass is 9.79. The molecule has 6 aromatic rings. The maximum absolute atomic E-state index is 6.39. The molecule has 2 unspecified atom stereocenters. The minimum atomic E-state index is 0.109. The van der Waals surface area contributed by atoms with Gasteiger partial charge in [0.2, 0.25) is 0 Å². The summed E-state index contributed by atoms with van der Waals surface area (Å²) in [5.41, 5.74) is 15.7. The van der Waals surface area contributed by atoms with Crippen molar-refractivity contribution in [2.75, 3.05) is 0 Å². The molecule has 0 aliphatic heterocycles. The van der Waals surface area contributed by atoms with E-state index in [4.69, 9.17) is 8.83 Å². The summed E-state index contributed by atoms with van der Waals surface area (Å²) >= 11 is 0. The molecule has 0 N–H and O–H groups in total. The zero-order valence-electron chi connectivity index (χ0n) is 31.2. The summed E-state index contributed by atoms with van der Waals surface area (Å²) < 4.78 is 12.8. The van der Waals surface area contributed by atoms with Crippen LogP contribution in [0, 0.1) is 13.8 Å². The van der Waals surface area contributed by atoms with E-state index < -0.39 is 0 Å². The minimum absolute atomic E-state index is 0.109. The van der Waals surface area contributed by atoms with Crippen LogP contribution in [0.25, 0.3) is 45.6 Å². The van der Waals surface area contributed by atoms with Gasteiger partial charge in [0, 0.05) is 23.0 Å². The second-order valence-electron chi connectivity index (χ2n) is 16.6. The van der Waals surface area contributed by atoms with E-state index in [2.05, 4.69) is 163 Å². The quantitative estimate of drug-likeness (QED) is 0.177. The molecule has 0 bridgehead atoms. The van der Waals surface area contributed by atoms with Crippen LogP contribution >= 0.6 is 0 Å². The Morgan fingerprint density at radius 3 is 1.20 bits per heavy atom. The van der Waals surface area contributed by atoms with Crippen LogP contribution in [0.15, 0.2) is 118 Å². The molecule has 2 atom stereocenters. The van der Waals surface area contributed by atoms with Gasteiger partial charge in [-0.3, -0.25) is 0 Å². The predicted octanol–water partition coefficient (Wildman–Crippen LogP) is 13.8. The van der Waals surface area contributed by atoms with E-state index in [-0.39, 0.29) is 22.7 Å². The van der Waals surface area contributed by atoms with Gasteiger partial charge in [0.1, 0.15) is 23.0 Å². The fourth-order valence-corrected chi connectivity index (χ4v) is 8.15. The molecule has 51 heavy (non-hydrogen) atoms. The molecule has 2 aliphatic rings. The summed E-state index contributed by atoms with van der Waals surface area (Å²) in [6.45, 7) is 17.7. The smallest absolute Gasteiger partial charge is 0.130 e. The van der Waals surface area contributed by atoms with E-state index in [0.717, 1.165) is 29.5 Å². The number of benzene rings is 4. The van der Waals surface area contributed by atoms with Gasteiger partial charge < -0.3 is 8.83 Å². The van der Waals surface area contributed by atoms with Gasteiger partial charge in [0.15, 0.2) is 0 Å². The molecule has 0 amide bonds. The zero-order valence-corrected chi connectivity index (χ0v) is 31.2. The van der Waals surface area contributed by atoms with Gasteiger partial charge in [-0.05, 0) is 123 Å². The zero-order chi connectivity index (χ0) is 35.7. The Kier molecular flexibility index (Phi) is 7.98. The van der Waals surface area contributed by atoms with Crippen LogP contribution in [-0.4, -0.2) is 0 Å². The molecule has 4 aromatic carbocycles. The van der Waals surface area contributed by atoms with Crippen molar-refractivity contribution in [3.63, 3.8) is 0 Å². The van der Waals surface area contributed by atoms with E-state index in [1.165, 1.54) is 66.8 Å². The topological polar surface area (TPSA) is 26.3 Å². The number of hydrogen-bond acceptors (Lipinski definition) is 2. The van der Waals surface area contributed by atoms with Crippen LogP contribution in [0.5, 0.6) is 0 Å². The molecular formula is C49H48O2. The predicted molar refractivity (Wildman–Crippen MR) is 214 cm³/mol. The number of aryl methyl sites for hydroxylation is 2. The van der Waals surface area contributed by atoms with Crippen LogP contribution < -0.4 is 0 Å². The van der Waals surface area contributed by atoms with Gasteiger partial charge in [-0.1, -0.05) is 126 Å². The molecule has 256 valence electrons. The number of allylic oxidation sites excluding steroid dienone is 2. The highest BCUT2D eigenvalue weighted by Crippen LogP contribution is 2.55.